The van der Waals surface area contributed by atoms with E-state index in [0.717, 1.165) is 6.42 Å². The van der Waals surface area contributed by atoms with Crippen molar-refractivity contribution in [1.29, 1.82) is 0 Å². The summed E-state index contributed by atoms with van der Waals surface area (Å²) in [4.78, 5) is 25.3. The summed E-state index contributed by atoms with van der Waals surface area (Å²) in [5, 5.41) is 32.9. The summed E-state index contributed by atoms with van der Waals surface area (Å²) in [6.45, 7) is 5.23. The van der Waals surface area contributed by atoms with Crippen molar-refractivity contribution in [1.82, 2.24) is 0 Å². The molecule has 0 aliphatic heterocycles. The highest BCUT2D eigenvalue weighted by molar-refractivity contribution is 6.29. The summed E-state index contributed by atoms with van der Waals surface area (Å²) in [6, 6.07) is 0. The number of alkyl halides is 2. The van der Waals surface area contributed by atoms with Crippen LogP contribution in [0.25, 0.3) is 0 Å². The first kappa shape index (κ1) is 22.1. The zero-order valence-electron chi connectivity index (χ0n) is 16.9. The molecule has 0 aromatic rings. The molecule has 0 saturated heterocycles. The second-order valence-electron chi connectivity index (χ2n) is 9.59. The van der Waals surface area contributed by atoms with Gasteiger partial charge in [0.1, 0.15) is 5.78 Å². The first-order valence-electron chi connectivity index (χ1n) is 10.3. The number of Topliss-reactive ketones (excluding diaryl/α,β-unsaturated/α-hetero) is 2. The van der Waals surface area contributed by atoms with Crippen LogP contribution < -0.4 is 0 Å². The predicted molar refractivity (Wildman–Crippen MR) is 103 cm³/mol. The molecule has 5 nitrogen and oxygen atoms in total. The van der Waals surface area contributed by atoms with Gasteiger partial charge in [-0.3, -0.25) is 9.59 Å². The van der Waals surface area contributed by atoms with Gasteiger partial charge >= 0.3 is 0 Å². The van der Waals surface area contributed by atoms with Crippen molar-refractivity contribution in [2.75, 3.05) is 5.88 Å². The highest BCUT2D eigenvalue weighted by Gasteiger charge is 2.76. The summed E-state index contributed by atoms with van der Waals surface area (Å²) in [5.41, 5.74) is -6.78. The molecule has 3 fully saturated rings. The number of rotatable bonds is 5. The molecule has 28 heavy (non-hydrogen) atoms. The number of halogens is 2. The van der Waals surface area contributed by atoms with Crippen molar-refractivity contribution < 1.29 is 29.3 Å². The van der Waals surface area contributed by atoms with Gasteiger partial charge in [-0.1, -0.05) is 26.7 Å². The average molecular weight is 419 g/mol. The maximum Gasteiger partial charge on any atom is 0.182 e. The summed E-state index contributed by atoms with van der Waals surface area (Å²) >= 11 is 5.70. The van der Waals surface area contributed by atoms with Crippen LogP contribution in [0.1, 0.15) is 65.7 Å². The lowest BCUT2D eigenvalue weighted by molar-refractivity contribution is -0.234. The zero-order valence-corrected chi connectivity index (χ0v) is 17.6. The van der Waals surface area contributed by atoms with E-state index in [1.165, 1.54) is 0 Å². The Morgan fingerprint density at radius 2 is 1.89 bits per heavy atom. The molecule has 0 amide bonds. The molecule has 8 atom stereocenters. The van der Waals surface area contributed by atoms with Crippen LogP contribution in [0.2, 0.25) is 0 Å². The second kappa shape index (κ2) is 7.00. The third-order valence-corrected chi connectivity index (χ3v) is 8.74. The monoisotopic (exact) mass is 418 g/mol. The Morgan fingerprint density at radius 3 is 2.46 bits per heavy atom. The van der Waals surface area contributed by atoms with Gasteiger partial charge < -0.3 is 15.3 Å². The van der Waals surface area contributed by atoms with E-state index >= 15 is 4.39 Å². The lowest BCUT2D eigenvalue weighted by Gasteiger charge is -2.61. The number of ketones is 2. The van der Waals surface area contributed by atoms with Crippen LogP contribution in [-0.2, 0) is 9.59 Å². The first-order valence-corrected chi connectivity index (χ1v) is 10.9. The van der Waals surface area contributed by atoms with Gasteiger partial charge in [0.05, 0.1) is 23.5 Å². The van der Waals surface area contributed by atoms with Crippen molar-refractivity contribution in [3.05, 3.63) is 0 Å². The summed E-state index contributed by atoms with van der Waals surface area (Å²) < 4.78 is 16.8. The number of carbonyl (C=O) groups is 2. The van der Waals surface area contributed by atoms with Gasteiger partial charge in [-0.25, -0.2) is 4.39 Å². The van der Waals surface area contributed by atoms with E-state index in [-0.39, 0.29) is 31.5 Å². The molecule has 0 aromatic carbocycles. The van der Waals surface area contributed by atoms with Crippen molar-refractivity contribution >= 4 is 23.2 Å². The molecule has 0 spiro atoms. The molecule has 0 bridgehead atoms. The van der Waals surface area contributed by atoms with E-state index in [4.69, 9.17) is 11.6 Å². The summed E-state index contributed by atoms with van der Waals surface area (Å²) in [5.74, 6) is -2.59. The third kappa shape index (κ3) is 2.47. The highest BCUT2D eigenvalue weighted by atomic mass is 35.5. The minimum Gasteiger partial charge on any atom is -0.390 e. The third-order valence-electron chi connectivity index (χ3n) is 8.50. The summed E-state index contributed by atoms with van der Waals surface area (Å²) in [7, 11) is 0. The van der Waals surface area contributed by atoms with E-state index in [0.29, 0.717) is 12.8 Å². The number of hydrogen-bond donors (Lipinski definition) is 3. The fraction of sp³-hybridized carbons (Fsp3) is 0.905. The Kier molecular flexibility index (Phi) is 5.53. The Hall–Kier alpha value is -0.560. The molecule has 1 unspecified atom stereocenters. The number of carbonyl (C=O) groups excluding carboxylic acids is 2. The predicted octanol–water partition coefficient (Wildman–Crippen LogP) is 2.56. The van der Waals surface area contributed by atoms with Gasteiger partial charge in [-0.05, 0) is 38.5 Å². The van der Waals surface area contributed by atoms with E-state index in [1.807, 2.05) is 6.92 Å². The fourth-order valence-electron chi connectivity index (χ4n) is 6.77. The smallest absolute Gasteiger partial charge is 0.182 e. The molecule has 3 N–H and O–H groups in total. The standard InChI is InChI=1S/C21H32ClFO5/c1-4-5-8-18(2)14(24)7-6-12-13-9-15(25)21(28,17(27)11-22)19(13,3)10-16(26)20(12,18)23/h12-13,15-16,25-26,28H,4-11H2,1-3H3/t12-,13-,15+,16-,18-,19-,20?,21-/m0/s1. The van der Waals surface area contributed by atoms with E-state index in [1.54, 1.807) is 13.8 Å². The van der Waals surface area contributed by atoms with Crippen LogP contribution in [0, 0.1) is 22.7 Å². The average Bonchev–Trinajstić information content (AvgIpc) is 2.85. The maximum atomic E-state index is 16.8. The van der Waals surface area contributed by atoms with Crippen LogP contribution in [0.3, 0.4) is 0 Å². The molecule has 0 aromatic heterocycles. The summed E-state index contributed by atoms with van der Waals surface area (Å²) in [6.07, 6.45) is -0.751. The Labute approximate surface area is 170 Å². The van der Waals surface area contributed by atoms with Gasteiger partial charge in [0, 0.05) is 17.8 Å². The molecule has 3 aliphatic rings. The molecule has 3 saturated carbocycles. The SMILES string of the molecule is CCCC[C@@]1(C)C(=O)CC[C@H]2[C@@H]3C[C@@H](O)[C@](O)(C(=O)CCl)[C@@]3(C)C[C@H](O)C21F. The highest BCUT2D eigenvalue weighted by Crippen LogP contribution is 2.68. The first-order chi connectivity index (χ1) is 12.9. The second-order valence-corrected chi connectivity index (χ2v) is 9.86. The molecule has 160 valence electrons. The van der Waals surface area contributed by atoms with Gasteiger partial charge in [0.15, 0.2) is 17.1 Å². The molecule has 0 heterocycles. The van der Waals surface area contributed by atoms with Crippen molar-refractivity contribution in [3.63, 3.8) is 0 Å². The van der Waals surface area contributed by atoms with Crippen LogP contribution in [0.15, 0.2) is 0 Å². The molecule has 3 aliphatic carbocycles. The normalized spacial score (nSPS) is 50.9. The lowest BCUT2D eigenvalue weighted by atomic mass is 9.45. The van der Waals surface area contributed by atoms with Gasteiger partial charge in [0.2, 0.25) is 0 Å². The van der Waals surface area contributed by atoms with E-state index in [9.17, 15) is 24.9 Å². The Bertz CT molecular complexity index is 673. The molecular formula is C21H32ClFO5. The van der Waals surface area contributed by atoms with E-state index < -0.39 is 57.8 Å². The topological polar surface area (TPSA) is 94.8 Å². The van der Waals surface area contributed by atoms with Crippen LogP contribution in [0.5, 0.6) is 0 Å². The lowest BCUT2D eigenvalue weighted by Crippen LogP contribution is -2.71. The minimum atomic E-state index is -2.14. The molecule has 3 rings (SSSR count). The van der Waals surface area contributed by atoms with Gasteiger partial charge in [-0.2, -0.15) is 0 Å². The Balaban J connectivity index is 2.10. The molecular weight excluding hydrogens is 387 g/mol. The number of unbranched alkanes of at least 4 members (excludes halogenated alkanes) is 1. The van der Waals surface area contributed by atoms with Gasteiger partial charge in [-0.15, -0.1) is 11.6 Å². The maximum absolute atomic E-state index is 16.8. The Morgan fingerprint density at radius 1 is 1.25 bits per heavy atom. The van der Waals surface area contributed by atoms with Gasteiger partial charge in [0.25, 0.3) is 0 Å². The quantitative estimate of drug-likeness (QED) is 0.596. The van der Waals surface area contributed by atoms with Crippen LogP contribution in [0.4, 0.5) is 4.39 Å². The molecule has 7 heteroatoms. The van der Waals surface area contributed by atoms with Crippen molar-refractivity contribution in [2.45, 2.75) is 89.2 Å². The molecule has 0 radical (unpaired) electrons. The van der Waals surface area contributed by atoms with Crippen LogP contribution in [-0.4, -0.2) is 56.2 Å². The zero-order chi connectivity index (χ0) is 21.1. The van der Waals surface area contributed by atoms with Crippen molar-refractivity contribution in [2.24, 2.45) is 22.7 Å². The number of aliphatic hydroxyl groups excluding tert-OH is 2. The number of hydrogen-bond acceptors (Lipinski definition) is 5. The number of fused-ring (bicyclic) bond motifs is 3. The largest absolute Gasteiger partial charge is 0.390 e. The van der Waals surface area contributed by atoms with Crippen molar-refractivity contribution in [3.8, 4) is 0 Å². The fourth-order valence-corrected chi connectivity index (χ4v) is 6.98. The minimum absolute atomic E-state index is 0.0523. The van der Waals surface area contributed by atoms with E-state index in [2.05, 4.69) is 0 Å². The number of aliphatic hydroxyl groups is 3. The van der Waals surface area contributed by atoms with Crippen LogP contribution >= 0.6 is 11.6 Å².